The summed E-state index contributed by atoms with van der Waals surface area (Å²) in [4.78, 5) is 7.69. The van der Waals surface area contributed by atoms with Crippen molar-refractivity contribution in [1.82, 2.24) is 14.7 Å². The van der Waals surface area contributed by atoms with Crippen molar-refractivity contribution in [3.8, 4) is 0 Å². The molecule has 0 spiro atoms. The van der Waals surface area contributed by atoms with Gasteiger partial charge < -0.3 is 37.6 Å². The molecule has 0 aromatic rings. The van der Waals surface area contributed by atoms with Crippen molar-refractivity contribution in [3.05, 3.63) is 0 Å². The zero-order valence-corrected chi connectivity index (χ0v) is 18.8. The van der Waals surface area contributed by atoms with Gasteiger partial charge in [-0.1, -0.05) is 6.92 Å². The molecule has 0 heterocycles. The molecule has 0 aliphatic heterocycles. The van der Waals surface area contributed by atoms with E-state index in [9.17, 15) is 0 Å². The van der Waals surface area contributed by atoms with Crippen molar-refractivity contribution in [2.75, 3.05) is 85.1 Å². The van der Waals surface area contributed by atoms with Crippen LogP contribution in [-0.2, 0) is 0 Å². The third-order valence-corrected chi connectivity index (χ3v) is 5.15. The molecule has 0 saturated carbocycles. The number of nitrogens with two attached hydrogens (primary N) is 4. The van der Waals surface area contributed by atoms with E-state index in [1.807, 2.05) is 0 Å². The molecule has 0 radical (unpaired) electrons. The van der Waals surface area contributed by atoms with Gasteiger partial charge in [0.25, 0.3) is 0 Å². The molecule has 0 aromatic heterocycles. The van der Waals surface area contributed by atoms with Gasteiger partial charge in [0, 0.05) is 0 Å². The van der Waals surface area contributed by atoms with Gasteiger partial charge in [-0.25, -0.2) is 0 Å². The minimum absolute atomic E-state index is 0.764. The van der Waals surface area contributed by atoms with E-state index < -0.39 is 0 Å². The summed E-state index contributed by atoms with van der Waals surface area (Å²) in [5, 5.41) is 0. The molecule has 0 unspecified atom stereocenters. The molecular weight excluding hydrogens is 350 g/mol. The van der Waals surface area contributed by atoms with Gasteiger partial charge in [-0.3, -0.25) is 0 Å². The molecule has 8 N–H and O–H groups in total. The average molecular weight is 402 g/mol. The SMILES string of the molecule is CCCN(CCCN)CCCN(CCCN)CCCN(CCCN)CCCN. The monoisotopic (exact) mass is 401 g/mol. The Bertz CT molecular complexity index is 296. The lowest BCUT2D eigenvalue weighted by Gasteiger charge is -2.27. The molecule has 28 heavy (non-hydrogen) atoms. The zero-order valence-electron chi connectivity index (χ0n) is 18.8. The number of hydrogen-bond acceptors (Lipinski definition) is 7. The Kier molecular flexibility index (Phi) is 21.2. The second-order valence-electron chi connectivity index (χ2n) is 7.80. The zero-order chi connectivity index (χ0) is 20.9. The fourth-order valence-corrected chi connectivity index (χ4v) is 3.62. The molecule has 7 heteroatoms. The maximum Gasteiger partial charge on any atom is -0.000653 e. The quantitative estimate of drug-likeness (QED) is 0.209. The van der Waals surface area contributed by atoms with Crippen molar-refractivity contribution in [3.63, 3.8) is 0 Å². The Labute approximate surface area is 175 Å². The van der Waals surface area contributed by atoms with Crippen LogP contribution < -0.4 is 22.9 Å². The molecule has 0 aliphatic rings. The summed E-state index contributed by atoms with van der Waals surface area (Å²) in [6, 6.07) is 0. The summed E-state index contributed by atoms with van der Waals surface area (Å²) < 4.78 is 0. The molecular formula is C21H51N7. The molecule has 0 saturated heterocycles. The second-order valence-corrected chi connectivity index (χ2v) is 7.80. The van der Waals surface area contributed by atoms with Crippen LogP contribution in [0.1, 0.15) is 51.9 Å². The smallest absolute Gasteiger partial charge is 0.000653 e. The molecule has 0 bridgehead atoms. The minimum atomic E-state index is 0.764. The summed E-state index contributed by atoms with van der Waals surface area (Å²) in [6.07, 6.45) is 7.94. The lowest BCUT2D eigenvalue weighted by atomic mass is 10.2. The van der Waals surface area contributed by atoms with Gasteiger partial charge in [0.15, 0.2) is 0 Å². The van der Waals surface area contributed by atoms with Crippen molar-refractivity contribution in [2.24, 2.45) is 22.9 Å². The van der Waals surface area contributed by atoms with E-state index in [4.69, 9.17) is 22.9 Å². The maximum atomic E-state index is 5.76. The maximum absolute atomic E-state index is 5.76. The summed E-state index contributed by atoms with van der Waals surface area (Å²) in [5.41, 5.74) is 22.8. The standard InChI is InChI=1S/C21H51N7/c1-2-13-26(14-3-9-22)18-7-20-28(17-6-12-25)21-8-19-27(15-4-10-23)16-5-11-24/h2-25H2,1H3. The van der Waals surface area contributed by atoms with Crippen molar-refractivity contribution >= 4 is 0 Å². The highest BCUT2D eigenvalue weighted by atomic mass is 15.2. The third kappa shape index (κ3) is 16.7. The van der Waals surface area contributed by atoms with E-state index in [0.717, 1.165) is 97.7 Å². The van der Waals surface area contributed by atoms with Crippen LogP contribution in [0.25, 0.3) is 0 Å². The first kappa shape index (κ1) is 27.7. The Morgan fingerprint density at radius 2 is 0.643 bits per heavy atom. The summed E-state index contributed by atoms with van der Waals surface area (Å²) in [7, 11) is 0. The van der Waals surface area contributed by atoms with Crippen molar-refractivity contribution in [2.45, 2.75) is 51.9 Å². The molecule has 170 valence electrons. The topological polar surface area (TPSA) is 114 Å². The second kappa shape index (κ2) is 21.4. The Balaban J connectivity index is 4.28. The van der Waals surface area contributed by atoms with Gasteiger partial charge in [0.05, 0.1) is 0 Å². The Morgan fingerprint density at radius 3 is 0.893 bits per heavy atom. The molecule has 0 fully saturated rings. The van der Waals surface area contributed by atoms with Crippen LogP contribution in [0.3, 0.4) is 0 Å². The molecule has 0 aromatic carbocycles. The van der Waals surface area contributed by atoms with Crippen LogP contribution >= 0.6 is 0 Å². The van der Waals surface area contributed by atoms with Crippen LogP contribution in [0.2, 0.25) is 0 Å². The van der Waals surface area contributed by atoms with E-state index in [0.29, 0.717) is 0 Å². The van der Waals surface area contributed by atoms with Crippen LogP contribution in [0.5, 0.6) is 0 Å². The van der Waals surface area contributed by atoms with Crippen LogP contribution in [-0.4, -0.2) is 99.8 Å². The van der Waals surface area contributed by atoms with Crippen molar-refractivity contribution < 1.29 is 0 Å². The molecule has 7 nitrogen and oxygen atoms in total. The van der Waals surface area contributed by atoms with E-state index in [1.54, 1.807) is 0 Å². The summed E-state index contributed by atoms with van der Waals surface area (Å²) in [5.74, 6) is 0. The van der Waals surface area contributed by atoms with Gasteiger partial charge in [-0.2, -0.15) is 0 Å². The lowest BCUT2D eigenvalue weighted by Crippen LogP contribution is -2.35. The van der Waals surface area contributed by atoms with Gasteiger partial charge >= 0.3 is 0 Å². The summed E-state index contributed by atoms with van der Waals surface area (Å²) >= 11 is 0. The predicted molar refractivity (Wildman–Crippen MR) is 124 cm³/mol. The van der Waals surface area contributed by atoms with Gasteiger partial charge in [0.1, 0.15) is 0 Å². The third-order valence-electron chi connectivity index (χ3n) is 5.15. The van der Waals surface area contributed by atoms with E-state index in [-0.39, 0.29) is 0 Å². The number of rotatable bonds is 22. The largest absolute Gasteiger partial charge is 0.330 e. The Morgan fingerprint density at radius 1 is 0.393 bits per heavy atom. The van der Waals surface area contributed by atoms with Gasteiger partial charge in [0.2, 0.25) is 0 Å². The molecule has 0 atom stereocenters. The van der Waals surface area contributed by atoms with E-state index in [1.165, 1.54) is 32.4 Å². The van der Waals surface area contributed by atoms with Crippen LogP contribution in [0, 0.1) is 0 Å². The fraction of sp³-hybridized carbons (Fsp3) is 1.00. The number of nitrogens with zero attached hydrogens (tertiary/aromatic N) is 3. The number of hydrogen-bond donors (Lipinski definition) is 4. The normalized spacial score (nSPS) is 12.0. The molecule has 0 amide bonds. The first-order chi connectivity index (χ1) is 13.7. The molecule has 0 rings (SSSR count). The first-order valence-corrected chi connectivity index (χ1v) is 11.7. The molecule has 0 aliphatic carbocycles. The van der Waals surface area contributed by atoms with Gasteiger partial charge in [-0.05, 0) is 130 Å². The first-order valence-electron chi connectivity index (χ1n) is 11.7. The highest BCUT2D eigenvalue weighted by Gasteiger charge is 2.09. The van der Waals surface area contributed by atoms with Crippen LogP contribution in [0.4, 0.5) is 0 Å². The fourth-order valence-electron chi connectivity index (χ4n) is 3.62. The lowest BCUT2D eigenvalue weighted by molar-refractivity contribution is 0.205. The average Bonchev–Trinajstić information content (AvgIpc) is 2.71. The van der Waals surface area contributed by atoms with Gasteiger partial charge in [-0.15, -0.1) is 0 Å². The minimum Gasteiger partial charge on any atom is -0.330 e. The van der Waals surface area contributed by atoms with Crippen molar-refractivity contribution in [1.29, 1.82) is 0 Å². The van der Waals surface area contributed by atoms with Crippen LogP contribution in [0.15, 0.2) is 0 Å². The highest BCUT2D eigenvalue weighted by Crippen LogP contribution is 2.03. The van der Waals surface area contributed by atoms with E-state index in [2.05, 4.69) is 21.6 Å². The Hall–Kier alpha value is -0.280. The van der Waals surface area contributed by atoms with E-state index >= 15 is 0 Å². The summed E-state index contributed by atoms with van der Waals surface area (Å²) in [6.45, 7) is 15.6. The predicted octanol–water partition coefficient (Wildman–Crippen LogP) is 0.478. The highest BCUT2D eigenvalue weighted by molar-refractivity contribution is 4.66.